The number of pyridine rings is 1. The summed E-state index contributed by atoms with van der Waals surface area (Å²) < 4.78 is 5.23. The smallest absolute Gasteiger partial charge is 0.274 e. The minimum atomic E-state index is -0.0681. The number of aromatic nitrogens is 3. The van der Waals surface area contributed by atoms with Crippen LogP contribution in [0, 0.1) is 13.8 Å². The number of carbonyl (C=O) groups is 1. The summed E-state index contributed by atoms with van der Waals surface area (Å²) in [5, 5.41) is 3.45. The van der Waals surface area contributed by atoms with Crippen LogP contribution < -0.4 is 10.1 Å². The van der Waals surface area contributed by atoms with Crippen molar-refractivity contribution in [2.45, 2.75) is 32.6 Å². The molecule has 3 aromatic rings. The van der Waals surface area contributed by atoms with Crippen LogP contribution in [0.25, 0.3) is 0 Å². The Balaban J connectivity index is 1.50. The molecular formula is C24H27N5O2. The van der Waals surface area contributed by atoms with Crippen LogP contribution in [0.4, 0.5) is 11.4 Å². The highest BCUT2D eigenvalue weighted by Crippen LogP contribution is 2.29. The van der Waals surface area contributed by atoms with Crippen LogP contribution in [0.5, 0.6) is 5.75 Å². The van der Waals surface area contributed by atoms with E-state index in [1.807, 2.05) is 49.1 Å². The lowest BCUT2D eigenvalue weighted by Gasteiger charge is -2.32. The molecule has 2 aromatic heterocycles. The molecule has 1 N–H and O–H groups in total. The van der Waals surface area contributed by atoms with E-state index in [2.05, 4.69) is 21.4 Å². The molecule has 1 saturated heterocycles. The van der Waals surface area contributed by atoms with Gasteiger partial charge in [0.1, 0.15) is 11.4 Å². The van der Waals surface area contributed by atoms with Gasteiger partial charge in [-0.1, -0.05) is 0 Å². The molecule has 1 amide bonds. The summed E-state index contributed by atoms with van der Waals surface area (Å²) in [6.45, 7) is 5.22. The number of methoxy groups -OCH3 is 1. The lowest BCUT2D eigenvalue weighted by atomic mass is 9.93. The largest absolute Gasteiger partial charge is 0.497 e. The number of likely N-dealkylation sites (tertiary alicyclic amines) is 1. The van der Waals surface area contributed by atoms with E-state index in [0.717, 1.165) is 53.6 Å². The first-order valence-electron chi connectivity index (χ1n) is 10.5. The standard InChI is InChI=1S/C24H27N5O2/c1-16-11-20(28-19-6-8-21(31-3)9-7-19)12-22(27-16)18-5-4-10-29(15-18)24(30)23-14-25-17(2)13-26-23/h6-9,11-14,18H,4-5,10,15H2,1-3H3,(H,27,28)/t18-/m1/s1. The minimum absolute atomic E-state index is 0.0681. The number of nitrogens with zero attached hydrogens (tertiary/aromatic N) is 4. The first-order valence-corrected chi connectivity index (χ1v) is 10.5. The van der Waals surface area contributed by atoms with Crippen LogP contribution in [-0.4, -0.2) is 46.0 Å². The van der Waals surface area contributed by atoms with Crippen molar-refractivity contribution in [2.75, 3.05) is 25.5 Å². The molecule has 1 fully saturated rings. The van der Waals surface area contributed by atoms with Gasteiger partial charge in [-0.15, -0.1) is 0 Å². The summed E-state index contributed by atoms with van der Waals surface area (Å²) in [7, 11) is 1.66. The molecule has 7 nitrogen and oxygen atoms in total. The van der Waals surface area contributed by atoms with Crippen molar-refractivity contribution in [1.82, 2.24) is 19.9 Å². The topological polar surface area (TPSA) is 80.2 Å². The van der Waals surface area contributed by atoms with Crippen LogP contribution in [0.1, 0.15) is 46.3 Å². The van der Waals surface area contributed by atoms with E-state index < -0.39 is 0 Å². The van der Waals surface area contributed by atoms with Crippen molar-refractivity contribution in [2.24, 2.45) is 0 Å². The van der Waals surface area contributed by atoms with E-state index >= 15 is 0 Å². The molecule has 0 radical (unpaired) electrons. The number of aryl methyl sites for hydroxylation is 2. The predicted octanol–water partition coefficient (Wildman–Crippen LogP) is 4.26. The van der Waals surface area contributed by atoms with Gasteiger partial charge in [-0.3, -0.25) is 14.8 Å². The Morgan fingerprint density at radius 2 is 1.87 bits per heavy atom. The number of hydrogen-bond donors (Lipinski definition) is 1. The number of rotatable bonds is 5. The molecule has 3 heterocycles. The molecule has 1 aliphatic heterocycles. The third kappa shape index (κ3) is 4.99. The van der Waals surface area contributed by atoms with Crippen molar-refractivity contribution in [3.8, 4) is 5.75 Å². The van der Waals surface area contributed by atoms with Gasteiger partial charge in [-0.2, -0.15) is 0 Å². The second-order valence-electron chi connectivity index (χ2n) is 7.91. The van der Waals surface area contributed by atoms with Gasteiger partial charge in [-0.25, -0.2) is 4.98 Å². The van der Waals surface area contributed by atoms with Crippen LogP contribution in [0.3, 0.4) is 0 Å². The molecule has 1 atom stereocenters. The number of carbonyl (C=O) groups excluding carboxylic acids is 1. The van der Waals surface area contributed by atoms with Gasteiger partial charge < -0.3 is 15.0 Å². The lowest BCUT2D eigenvalue weighted by Crippen LogP contribution is -2.39. The molecule has 1 aliphatic rings. The average molecular weight is 418 g/mol. The number of ether oxygens (including phenoxy) is 1. The van der Waals surface area contributed by atoms with Gasteiger partial charge >= 0.3 is 0 Å². The van der Waals surface area contributed by atoms with E-state index in [1.165, 1.54) is 0 Å². The molecule has 7 heteroatoms. The molecule has 0 saturated carbocycles. The summed E-state index contributed by atoms with van der Waals surface area (Å²) in [6.07, 6.45) is 5.13. The van der Waals surface area contributed by atoms with Crippen molar-refractivity contribution in [3.63, 3.8) is 0 Å². The highest BCUT2D eigenvalue weighted by atomic mass is 16.5. The number of hydrogen-bond acceptors (Lipinski definition) is 6. The Hall–Kier alpha value is -3.48. The number of amides is 1. The van der Waals surface area contributed by atoms with Gasteiger partial charge in [0, 0.05) is 48.0 Å². The molecular weight excluding hydrogens is 390 g/mol. The third-order valence-corrected chi connectivity index (χ3v) is 5.48. The quantitative estimate of drug-likeness (QED) is 0.668. The molecule has 0 unspecified atom stereocenters. The Kier molecular flexibility index (Phi) is 6.11. The van der Waals surface area contributed by atoms with Crippen LogP contribution in [-0.2, 0) is 0 Å². The highest BCUT2D eigenvalue weighted by molar-refractivity contribution is 5.92. The fourth-order valence-electron chi connectivity index (χ4n) is 3.88. The Labute approximate surface area is 182 Å². The number of piperidine rings is 1. The van der Waals surface area contributed by atoms with E-state index in [1.54, 1.807) is 19.5 Å². The van der Waals surface area contributed by atoms with Crippen LogP contribution in [0.15, 0.2) is 48.8 Å². The predicted molar refractivity (Wildman–Crippen MR) is 120 cm³/mol. The first kappa shape index (κ1) is 20.8. The molecule has 0 spiro atoms. The lowest BCUT2D eigenvalue weighted by molar-refractivity contribution is 0.0699. The van der Waals surface area contributed by atoms with E-state index in [4.69, 9.17) is 9.72 Å². The summed E-state index contributed by atoms with van der Waals surface area (Å²) in [5.41, 5.74) is 5.11. The SMILES string of the molecule is COc1ccc(Nc2cc(C)nc([C@@H]3CCCN(C(=O)c4cnc(C)cn4)C3)c2)cc1. The van der Waals surface area contributed by atoms with E-state index in [0.29, 0.717) is 12.2 Å². The van der Waals surface area contributed by atoms with Crippen molar-refractivity contribution in [3.05, 3.63) is 71.6 Å². The molecule has 1 aromatic carbocycles. The van der Waals surface area contributed by atoms with Crippen LogP contribution >= 0.6 is 0 Å². The third-order valence-electron chi connectivity index (χ3n) is 5.48. The van der Waals surface area contributed by atoms with Gasteiger partial charge in [0.2, 0.25) is 0 Å². The second-order valence-corrected chi connectivity index (χ2v) is 7.91. The fraction of sp³-hybridized carbons (Fsp3) is 0.333. The number of nitrogens with one attached hydrogen (secondary N) is 1. The maximum atomic E-state index is 12.9. The van der Waals surface area contributed by atoms with Gasteiger partial charge in [-0.05, 0) is 63.1 Å². The Bertz CT molecular complexity index is 1050. The Morgan fingerprint density at radius 3 is 2.58 bits per heavy atom. The Morgan fingerprint density at radius 1 is 1.06 bits per heavy atom. The van der Waals surface area contributed by atoms with E-state index in [9.17, 15) is 4.79 Å². The van der Waals surface area contributed by atoms with Crippen molar-refractivity contribution in [1.29, 1.82) is 0 Å². The van der Waals surface area contributed by atoms with Crippen molar-refractivity contribution >= 4 is 17.3 Å². The summed E-state index contributed by atoms with van der Waals surface area (Å²) >= 11 is 0. The summed E-state index contributed by atoms with van der Waals surface area (Å²) in [4.78, 5) is 28.0. The summed E-state index contributed by atoms with van der Waals surface area (Å²) in [5.74, 6) is 0.941. The normalized spacial score (nSPS) is 16.1. The van der Waals surface area contributed by atoms with Gasteiger partial charge in [0.15, 0.2) is 0 Å². The zero-order valence-corrected chi connectivity index (χ0v) is 18.1. The highest BCUT2D eigenvalue weighted by Gasteiger charge is 2.27. The monoisotopic (exact) mass is 417 g/mol. The van der Waals surface area contributed by atoms with Gasteiger partial charge in [0.25, 0.3) is 5.91 Å². The maximum absolute atomic E-state index is 12.9. The number of anilines is 2. The second kappa shape index (κ2) is 9.12. The average Bonchev–Trinajstić information content (AvgIpc) is 2.79. The van der Waals surface area contributed by atoms with Crippen LogP contribution in [0.2, 0.25) is 0 Å². The molecule has 160 valence electrons. The fourth-order valence-corrected chi connectivity index (χ4v) is 3.88. The molecule has 31 heavy (non-hydrogen) atoms. The zero-order chi connectivity index (χ0) is 21.8. The first-order chi connectivity index (χ1) is 15.0. The van der Waals surface area contributed by atoms with E-state index in [-0.39, 0.29) is 11.8 Å². The number of benzene rings is 1. The maximum Gasteiger partial charge on any atom is 0.274 e. The molecule has 0 aliphatic carbocycles. The molecule has 4 rings (SSSR count). The van der Waals surface area contributed by atoms with Crippen molar-refractivity contribution < 1.29 is 9.53 Å². The summed E-state index contributed by atoms with van der Waals surface area (Å²) in [6, 6.07) is 11.9. The minimum Gasteiger partial charge on any atom is -0.497 e. The zero-order valence-electron chi connectivity index (χ0n) is 18.1. The molecule has 0 bridgehead atoms. The van der Waals surface area contributed by atoms with Gasteiger partial charge in [0.05, 0.1) is 19.0 Å².